The van der Waals surface area contributed by atoms with Crippen molar-refractivity contribution in [2.75, 3.05) is 6.61 Å². The van der Waals surface area contributed by atoms with Gasteiger partial charge in [0.1, 0.15) is 5.75 Å². The first kappa shape index (κ1) is 18.1. The molecule has 3 rings (SSSR count). The molecule has 1 amide bonds. The van der Waals surface area contributed by atoms with E-state index < -0.39 is 0 Å². The molecule has 0 aliphatic rings. The van der Waals surface area contributed by atoms with E-state index in [9.17, 15) is 4.79 Å². The SMILES string of the molecule is C/C(=N\NC(=O)COc1ccc2ccccc2c1Br)c1ccc(C)cc1. The zero-order valence-corrected chi connectivity index (χ0v) is 16.2. The van der Waals surface area contributed by atoms with Gasteiger partial charge in [-0.05, 0) is 52.2 Å². The molecule has 0 aliphatic carbocycles. The topological polar surface area (TPSA) is 50.7 Å². The standard InChI is InChI=1S/C21H19BrN2O2/c1-14-7-9-16(10-8-14)15(2)23-24-20(25)13-26-19-12-11-17-5-3-4-6-18(17)21(19)22/h3-12H,13H2,1-2H3,(H,24,25)/b23-15+. The van der Waals surface area contributed by atoms with E-state index in [0.717, 1.165) is 26.5 Å². The first-order chi connectivity index (χ1) is 12.5. The van der Waals surface area contributed by atoms with E-state index in [4.69, 9.17) is 4.74 Å². The number of benzene rings is 3. The number of hydrogen-bond donors (Lipinski definition) is 1. The molecule has 0 heterocycles. The van der Waals surface area contributed by atoms with Crippen molar-refractivity contribution >= 4 is 38.3 Å². The summed E-state index contributed by atoms with van der Waals surface area (Å²) in [6.45, 7) is 3.77. The van der Waals surface area contributed by atoms with E-state index in [0.29, 0.717) is 5.75 Å². The second-order valence-electron chi connectivity index (χ2n) is 5.99. The van der Waals surface area contributed by atoms with E-state index >= 15 is 0 Å². The highest BCUT2D eigenvalue weighted by Crippen LogP contribution is 2.32. The minimum absolute atomic E-state index is 0.110. The molecule has 0 spiro atoms. The number of aryl methyl sites for hydroxylation is 1. The van der Waals surface area contributed by atoms with Crippen molar-refractivity contribution in [3.63, 3.8) is 0 Å². The minimum atomic E-state index is -0.309. The molecule has 0 fully saturated rings. The Morgan fingerprint density at radius 3 is 2.58 bits per heavy atom. The number of ether oxygens (including phenoxy) is 1. The Kier molecular flexibility index (Phi) is 5.68. The van der Waals surface area contributed by atoms with Gasteiger partial charge in [-0.3, -0.25) is 4.79 Å². The lowest BCUT2D eigenvalue weighted by atomic mass is 10.1. The zero-order valence-electron chi connectivity index (χ0n) is 14.6. The van der Waals surface area contributed by atoms with Gasteiger partial charge >= 0.3 is 0 Å². The average Bonchev–Trinajstić information content (AvgIpc) is 2.66. The van der Waals surface area contributed by atoms with Gasteiger partial charge in [0.2, 0.25) is 0 Å². The maximum Gasteiger partial charge on any atom is 0.277 e. The van der Waals surface area contributed by atoms with Gasteiger partial charge in [0.05, 0.1) is 10.2 Å². The van der Waals surface area contributed by atoms with Crippen molar-refractivity contribution in [1.82, 2.24) is 5.43 Å². The molecular formula is C21H19BrN2O2. The molecule has 3 aromatic carbocycles. The van der Waals surface area contributed by atoms with Gasteiger partial charge in [0.15, 0.2) is 6.61 Å². The summed E-state index contributed by atoms with van der Waals surface area (Å²) < 4.78 is 6.47. The smallest absolute Gasteiger partial charge is 0.277 e. The van der Waals surface area contributed by atoms with E-state index in [1.54, 1.807) is 0 Å². The number of amides is 1. The number of nitrogens with zero attached hydrogens (tertiary/aromatic N) is 1. The van der Waals surface area contributed by atoms with Gasteiger partial charge in [-0.15, -0.1) is 0 Å². The molecule has 0 radical (unpaired) electrons. The van der Waals surface area contributed by atoms with Crippen LogP contribution in [-0.2, 0) is 4.79 Å². The molecule has 3 aromatic rings. The minimum Gasteiger partial charge on any atom is -0.483 e. The largest absolute Gasteiger partial charge is 0.483 e. The van der Waals surface area contributed by atoms with E-state index in [1.807, 2.05) is 74.5 Å². The van der Waals surface area contributed by atoms with Crippen molar-refractivity contribution in [3.8, 4) is 5.75 Å². The number of rotatable bonds is 5. The fraction of sp³-hybridized carbons (Fsp3) is 0.143. The Balaban J connectivity index is 1.61. The summed E-state index contributed by atoms with van der Waals surface area (Å²) in [5.74, 6) is 0.314. The van der Waals surface area contributed by atoms with Crippen LogP contribution in [0.1, 0.15) is 18.1 Å². The molecule has 1 N–H and O–H groups in total. The molecule has 0 saturated carbocycles. The van der Waals surface area contributed by atoms with Crippen molar-refractivity contribution < 1.29 is 9.53 Å². The Hall–Kier alpha value is -2.66. The highest BCUT2D eigenvalue weighted by Gasteiger charge is 2.08. The molecule has 0 bridgehead atoms. The normalized spacial score (nSPS) is 11.4. The van der Waals surface area contributed by atoms with Crippen LogP contribution in [0.25, 0.3) is 10.8 Å². The van der Waals surface area contributed by atoms with Crippen molar-refractivity contribution in [3.05, 3.63) is 76.3 Å². The van der Waals surface area contributed by atoms with Gasteiger partial charge in [-0.1, -0.05) is 60.2 Å². The Morgan fingerprint density at radius 2 is 1.81 bits per heavy atom. The third kappa shape index (κ3) is 4.29. The molecule has 0 unspecified atom stereocenters. The highest BCUT2D eigenvalue weighted by molar-refractivity contribution is 9.10. The van der Waals surface area contributed by atoms with Gasteiger partial charge < -0.3 is 4.74 Å². The fourth-order valence-electron chi connectivity index (χ4n) is 2.51. The highest BCUT2D eigenvalue weighted by atomic mass is 79.9. The Morgan fingerprint density at radius 1 is 1.08 bits per heavy atom. The summed E-state index contributed by atoms with van der Waals surface area (Å²) in [6.07, 6.45) is 0. The first-order valence-corrected chi connectivity index (χ1v) is 9.04. The maximum atomic E-state index is 12.0. The van der Waals surface area contributed by atoms with Gasteiger partial charge in [0, 0.05) is 0 Å². The van der Waals surface area contributed by atoms with Crippen LogP contribution in [0.3, 0.4) is 0 Å². The Bertz CT molecular complexity index is 965. The molecule has 0 saturated heterocycles. The second-order valence-corrected chi connectivity index (χ2v) is 6.78. The fourth-order valence-corrected chi connectivity index (χ4v) is 3.11. The second kappa shape index (κ2) is 8.15. The molecule has 0 aromatic heterocycles. The third-order valence-electron chi connectivity index (χ3n) is 4.00. The lowest BCUT2D eigenvalue weighted by Crippen LogP contribution is -2.25. The summed E-state index contributed by atoms with van der Waals surface area (Å²) in [6, 6.07) is 19.8. The number of halogens is 1. The number of fused-ring (bicyclic) bond motifs is 1. The zero-order chi connectivity index (χ0) is 18.5. The molecule has 0 aliphatic heterocycles. The first-order valence-electron chi connectivity index (χ1n) is 8.25. The van der Waals surface area contributed by atoms with Crippen molar-refractivity contribution in [2.45, 2.75) is 13.8 Å². The van der Waals surface area contributed by atoms with E-state index in [-0.39, 0.29) is 12.5 Å². The summed E-state index contributed by atoms with van der Waals surface area (Å²) in [5, 5.41) is 6.28. The summed E-state index contributed by atoms with van der Waals surface area (Å²) in [4.78, 5) is 12.0. The van der Waals surface area contributed by atoms with Crippen LogP contribution in [0, 0.1) is 6.92 Å². The van der Waals surface area contributed by atoms with Crippen LogP contribution in [0.5, 0.6) is 5.75 Å². The molecule has 132 valence electrons. The lowest BCUT2D eigenvalue weighted by Gasteiger charge is -2.10. The number of carbonyl (C=O) groups excluding carboxylic acids is 1. The summed E-state index contributed by atoms with van der Waals surface area (Å²) in [7, 11) is 0. The predicted octanol–water partition coefficient (Wildman–Crippen LogP) is 4.83. The quantitative estimate of drug-likeness (QED) is 0.483. The molecule has 26 heavy (non-hydrogen) atoms. The molecule has 5 heteroatoms. The van der Waals surface area contributed by atoms with Crippen LogP contribution < -0.4 is 10.2 Å². The van der Waals surface area contributed by atoms with Crippen LogP contribution in [0.4, 0.5) is 0 Å². The predicted molar refractivity (Wildman–Crippen MR) is 109 cm³/mol. The monoisotopic (exact) mass is 410 g/mol. The molecular weight excluding hydrogens is 392 g/mol. The maximum absolute atomic E-state index is 12.0. The van der Waals surface area contributed by atoms with Gasteiger partial charge in [-0.2, -0.15) is 5.10 Å². The average molecular weight is 411 g/mol. The lowest BCUT2D eigenvalue weighted by molar-refractivity contribution is -0.123. The molecule has 0 atom stereocenters. The third-order valence-corrected chi connectivity index (χ3v) is 4.82. The molecule has 4 nitrogen and oxygen atoms in total. The van der Waals surface area contributed by atoms with Gasteiger partial charge in [-0.25, -0.2) is 5.43 Å². The Labute approximate surface area is 161 Å². The van der Waals surface area contributed by atoms with Crippen molar-refractivity contribution in [2.24, 2.45) is 5.10 Å². The summed E-state index contributed by atoms with van der Waals surface area (Å²) in [5.41, 5.74) is 5.42. The number of hydrazone groups is 1. The van der Waals surface area contributed by atoms with Crippen LogP contribution in [0.2, 0.25) is 0 Å². The van der Waals surface area contributed by atoms with E-state index in [1.165, 1.54) is 5.56 Å². The van der Waals surface area contributed by atoms with E-state index in [2.05, 4.69) is 26.5 Å². The van der Waals surface area contributed by atoms with Crippen LogP contribution in [0.15, 0.2) is 70.2 Å². The van der Waals surface area contributed by atoms with Gasteiger partial charge in [0.25, 0.3) is 5.91 Å². The number of nitrogens with one attached hydrogen (secondary N) is 1. The van der Waals surface area contributed by atoms with Crippen LogP contribution >= 0.6 is 15.9 Å². The van der Waals surface area contributed by atoms with Crippen LogP contribution in [-0.4, -0.2) is 18.2 Å². The summed E-state index contributed by atoms with van der Waals surface area (Å²) >= 11 is 3.55. The number of hydrogen-bond acceptors (Lipinski definition) is 3. The number of carbonyl (C=O) groups is 1. The van der Waals surface area contributed by atoms with Crippen molar-refractivity contribution in [1.29, 1.82) is 0 Å².